The summed E-state index contributed by atoms with van der Waals surface area (Å²) >= 11 is 0. The van der Waals surface area contributed by atoms with Gasteiger partial charge in [0, 0.05) is 67.3 Å². The molecule has 0 unspecified atom stereocenters. The van der Waals surface area contributed by atoms with E-state index in [4.69, 9.17) is 9.84 Å². The van der Waals surface area contributed by atoms with E-state index in [9.17, 15) is 5.11 Å². The third-order valence-corrected chi connectivity index (χ3v) is 6.42. The second-order valence-corrected chi connectivity index (χ2v) is 8.23. The normalized spacial score (nSPS) is 24.5. The average Bonchev–Trinajstić information content (AvgIpc) is 3.37. The minimum atomic E-state index is -0.0233. The molecule has 2 saturated heterocycles. The van der Waals surface area contributed by atoms with Crippen LogP contribution in [0.25, 0.3) is 16.9 Å². The van der Waals surface area contributed by atoms with Gasteiger partial charge in [0.05, 0.1) is 24.6 Å². The van der Waals surface area contributed by atoms with Gasteiger partial charge in [-0.15, -0.1) is 0 Å². The molecular weight excluding hydrogens is 364 g/mol. The van der Waals surface area contributed by atoms with Crippen molar-refractivity contribution in [1.29, 1.82) is 0 Å². The summed E-state index contributed by atoms with van der Waals surface area (Å²) in [5.41, 5.74) is 4.27. The second kappa shape index (κ2) is 7.71. The topological polar surface area (TPSA) is 63.4 Å². The zero-order valence-corrected chi connectivity index (χ0v) is 16.4. The Hall–Kier alpha value is -2.54. The molecule has 0 aliphatic carbocycles. The SMILES string of the molecule is OC[C@]12CCOC[C@H]1CN(Cc1cn(-c3ccccc3)nc1-c1ccncc1)C2. The van der Waals surface area contributed by atoms with E-state index < -0.39 is 0 Å². The van der Waals surface area contributed by atoms with Gasteiger partial charge < -0.3 is 9.84 Å². The average molecular weight is 390 g/mol. The number of aromatic nitrogens is 3. The first kappa shape index (κ1) is 18.5. The summed E-state index contributed by atoms with van der Waals surface area (Å²) < 4.78 is 7.66. The van der Waals surface area contributed by atoms with Gasteiger partial charge >= 0.3 is 0 Å². The Morgan fingerprint density at radius 3 is 2.72 bits per heavy atom. The lowest BCUT2D eigenvalue weighted by atomic mass is 9.75. The molecule has 1 aromatic carbocycles. The molecule has 0 radical (unpaired) electrons. The third-order valence-electron chi connectivity index (χ3n) is 6.42. The van der Waals surface area contributed by atoms with Crippen molar-refractivity contribution in [2.45, 2.75) is 13.0 Å². The number of hydrogen-bond acceptors (Lipinski definition) is 5. The summed E-state index contributed by atoms with van der Waals surface area (Å²) in [5, 5.41) is 15.0. The minimum absolute atomic E-state index is 0.0233. The maximum Gasteiger partial charge on any atom is 0.0973 e. The van der Waals surface area contributed by atoms with Crippen LogP contribution in [0.3, 0.4) is 0 Å². The minimum Gasteiger partial charge on any atom is -0.396 e. The van der Waals surface area contributed by atoms with Gasteiger partial charge in [0.1, 0.15) is 0 Å². The Balaban J connectivity index is 1.47. The first-order valence-electron chi connectivity index (χ1n) is 10.2. The quantitative estimate of drug-likeness (QED) is 0.726. The van der Waals surface area contributed by atoms with E-state index in [0.29, 0.717) is 5.92 Å². The lowest BCUT2D eigenvalue weighted by Gasteiger charge is -2.36. The number of rotatable bonds is 5. The van der Waals surface area contributed by atoms with E-state index in [-0.39, 0.29) is 12.0 Å². The molecule has 2 atom stereocenters. The fraction of sp³-hybridized carbons (Fsp3) is 0.391. The number of ether oxygens (including phenoxy) is 1. The van der Waals surface area contributed by atoms with E-state index >= 15 is 0 Å². The number of pyridine rings is 1. The molecule has 2 aromatic heterocycles. The lowest BCUT2D eigenvalue weighted by molar-refractivity contribution is -0.0417. The van der Waals surface area contributed by atoms with Gasteiger partial charge in [0.15, 0.2) is 0 Å². The summed E-state index contributed by atoms with van der Waals surface area (Å²) in [7, 11) is 0. The van der Waals surface area contributed by atoms with Gasteiger partial charge in [-0.1, -0.05) is 18.2 Å². The van der Waals surface area contributed by atoms with Crippen molar-refractivity contribution in [3.63, 3.8) is 0 Å². The highest BCUT2D eigenvalue weighted by Gasteiger charge is 2.47. The highest BCUT2D eigenvalue weighted by Crippen LogP contribution is 2.42. The van der Waals surface area contributed by atoms with Crippen molar-refractivity contribution < 1.29 is 9.84 Å². The van der Waals surface area contributed by atoms with Crippen LogP contribution in [0, 0.1) is 11.3 Å². The van der Waals surface area contributed by atoms with Crippen LogP contribution in [0.1, 0.15) is 12.0 Å². The van der Waals surface area contributed by atoms with E-state index in [1.54, 1.807) is 0 Å². The number of aliphatic hydroxyl groups excluding tert-OH is 1. The molecule has 0 spiro atoms. The van der Waals surface area contributed by atoms with Gasteiger partial charge in [0.25, 0.3) is 0 Å². The van der Waals surface area contributed by atoms with Crippen LogP contribution in [-0.4, -0.2) is 57.7 Å². The molecule has 0 bridgehead atoms. The molecular formula is C23H26N4O2. The number of benzene rings is 1. The van der Waals surface area contributed by atoms with Crippen LogP contribution in [0.4, 0.5) is 0 Å². The molecule has 0 amide bonds. The summed E-state index contributed by atoms with van der Waals surface area (Å²) in [6.07, 6.45) is 6.69. The zero-order valence-electron chi connectivity index (χ0n) is 16.4. The van der Waals surface area contributed by atoms with Crippen LogP contribution in [-0.2, 0) is 11.3 Å². The predicted octanol–water partition coefficient (Wildman–Crippen LogP) is 2.77. The van der Waals surface area contributed by atoms with Crippen LogP contribution in [0.2, 0.25) is 0 Å². The first-order chi connectivity index (χ1) is 14.3. The van der Waals surface area contributed by atoms with Crippen LogP contribution in [0.5, 0.6) is 0 Å². The first-order valence-corrected chi connectivity index (χ1v) is 10.2. The van der Waals surface area contributed by atoms with Crippen molar-refractivity contribution in [2.75, 3.05) is 32.9 Å². The molecule has 6 nitrogen and oxygen atoms in total. The third kappa shape index (κ3) is 3.48. The Labute approximate surface area is 170 Å². The molecule has 150 valence electrons. The molecule has 2 aliphatic heterocycles. The monoisotopic (exact) mass is 390 g/mol. The van der Waals surface area contributed by atoms with Crippen LogP contribution >= 0.6 is 0 Å². The van der Waals surface area contributed by atoms with Crippen molar-refractivity contribution in [1.82, 2.24) is 19.7 Å². The van der Waals surface area contributed by atoms with E-state index in [2.05, 4.69) is 28.2 Å². The van der Waals surface area contributed by atoms with Crippen LogP contribution in [0.15, 0.2) is 61.1 Å². The summed E-state index contributed by atoms with van der Waals surface area (Å²) in [6, 6.07) is 14.2. The molecule has 4 heterocycles. The summed E-state index contributed by atoms with van der Waals surface area (Å²) in [6.45, 7) is 4.40. The molecule has 6 heteroatoms. The van der Waals surface area contributed by atoms with Gasteiger partial charge in [-0.05, 0) is 30.7 Å². The summed E-state index contributed by atoms with van der Waals surface area (Å²) in [4.78, 5) is 6.60. The number of para-hydroxylation sites is 1. The standard InChI is InChI=1S/C23H26N4O2/c28-17-23-8-11-29-15-20(23)14-26(16-23)12-19-13-27(21-4-2-1-3-5-21)25-22(19)18-6-9-24-10-7-18/h1-7,9-10,13,20,28H,8,11-12,14-17H2/t20-,23-/m1/s1. The number of nitrogens with zero attached hydrogens (tertiary/aromatic N) is 4. The molecule has 3 aromatic rings. The molecule has 5 rings (SSSR count). The van der Waals surface area contributed by atoms with Gasteiger partial charge in [0.2, 0.25) is 0 Å². The number of fused-ring (bicyclic) bond motifs is 1. The van der Waals surface area contributed by atoms with Crippen molar-refractivity contribution in [3.8, 4) is 16.9 Å². The molecule has 1 N–H and O–H groups in total. The maximum atomic E-state index is 10.1. The molecule has 29 heavy (non-hydrogen) atoms. The Morgan fingerprint density at radius 2 is 1.97 bits per heavy atom. The molecule has 2 fully saturated rings. The van der Waals surface area contributed by atoms with Gasteiger partial charge in [-0.2, -0.15) is 5.10 Å². The van der Waals surface area contributed by atoms with E-state index in [1.807, 2.05) is 47.4 Å². The number of hydrogen-bond donors (Lipinski definition) is 1. The number of aliphatic hydroxyl groups is 1. The van der Waals surface area contributed by atoms with Crippen molar-refractivity contribution >= 4 is 0 Å². The number of likely N-dealkylation sites (tertiary alicyclic amines) is 1. The highest BCUT2D eigenvalue weighted by molar-refractivity contribution is 5.62. The van der Waals surface area contributed by atoms with E-state index in [0.717, 1.165) is 56.2 Å². The van der Waals surface area contributed by atoms with Gasteiger partial charge in [-0.3, -0.25) is 9.88 Å². The zero-order chi connectivity index (χ0) is 19.7. The predicted molar refractivity (Wildman–Crippen MR) is 111 cm³/mol. The molecule has 0 saturated carbocycles. The van der Waals surface area contributed by atoms with Crippen LogP contribution < -0.4 is 0 Å². The lowest BCUT2D eigenvalue weighted by Crippen LogP contribution is -2.41. The Kier molecular flexibility index (Phi) is 4.91. The van der Waals surface area contributed by atoms with Crippen molar-refractivity contribution in [2.24, 2.45) is 11.3 Å². The Bertz CT molecular complexity index is 960. The maximum absolute atomic E-state index is 10.1. The Morgan fingerprint density at radius 1 is 1.14 bits per heavy atom. The van der Waals surface area contributed by atoms with E-state index in [1.165, 1.54) is 5.56 Å². The van der Waals surface area contributed by atoms with Gasteiger partial charge in [-0.25, -0.2) is 4.68 Å². The summed E-state index contributed by atoms with van der Waals surface area (Å²) in [5.74, 6) is 0.398. The molecule has 2 aliphatic rings. The second-order valence-electron chi connectivity index (χ2n) is 8.23. The largest absolute Gasteiger partial charge is 0.396 e. The smallest absolute Gasteiger partial charge is 0.0973 e. The van der Waals surface area contributed by atoms with Crippen molar-refractivity contribution in [3.05, 3.63) is 66.6 Å². The highest BCUT2D eigenvalue weighted by atomic mass is 16.5. The fourth-order valence-corrected chi connectivity index (χ4v) is 4.77. The fourth-order valence-electron chi connectivity index (χ4n) is 4.77.